The van der Waals surface area contributed by atoms with E-state index in [4.69, 9.17) is 4.74 Å². The van der Waals surface area contributed by atoms with Crippen LogP contribution in [0.4, 0.5) is 0 Å². The van der Waals surface area contributed by atoms with Crippen LogP contribution in [0.3, 0.4) is 0 Å². The van der Waals surface area contributed by atoms with Gasteiger partial charge in [0.15, 0.2) is 0 Å². The molecule has 6 heteroatoms. The summed E-state index contributed by atoms with van der Waals surface area (Å²) in [5, 5.41) is 23.8. The molecular weight excluding hydrogens is 743 g/mol. The fraction of sp³-hybridized carbons (Fsp3) is 0.889. The number of aliphatic hydroxyl groups excluding tert-OH is 2. The number of aliphatic hydroxyl groups is 2. The summed E-state index contributed by atoms with van der Waals surface area (Å²) in [6.45, 7) is 6.48. The van der Waals surface area contributed by atoms with Crippen LogP contribution in [0.15, 0.2) is 24.3 Å². The monoisotopic (exact) mass is 846 g/mol. The zero-order valence-electron chi connectivity index (χ0n) is 40.4. The van der Waals surface area contributed by atoms with Gasteiger partial charge >= 0.3 is 5.97 Å². The van der Waals surface area contributed by atoms with Gasteiger partial charge in [-0.1, -0.05) is 225 Å². The summed E-state index contributed by atoms with van der Waals surface area (Å²) in [4.78, 5) is 26.1. The molecule has 0 rings (SSSR count). The van der Waals surface area contributed by atoms with Gasteiger partial charge in [0, 0.05) is 6.42 Å². The summed E-state index contributed by atoms with van der Waals surface area (Å²) in [6.07, 6.45) is 55.3. The molecule has 0 aliphatic carbocycles. The zero-order chi connectivity index (χ0) is 43.8. The lowest BCUT2D eigenvalue weighted by molar-refractivity contribution is -0.151. The lowest BCUT2D eigenvalue weighted by Gasteiger charge is -2.24. The van der Waals surface area contributed by atoms with E-state index in [2.05, 4.69) is 50.4 Å². The molecule has 3 unspecified atom stereocenters. The SMILES string of the molecule is CCCCCCCC/C=C\CCCCCC(=O)OC(CCC/C=C\CCCCCCCCC)CC(=O)NC(CO)C(O)CCCCCCCCCCCCCCCCCC. The molecule has 0 aromatic carbocycles. The Bertz CT molecular complexity index is 950. The lowest BCUT2D eigenvalue weighted by Crippen LogP contribution is -2.46. The largest absolute Gasteiger partial charge is 0.462 e. The number of carbonyl (C=O) groups excluding carboxylic acids is 2. The van der Waals surface area contributed by atoms with Gasteiger partial charge in [0.05, 0.1) is 25.2 Å². The summed E-state index contributed by atoms with van der Waals surface area (Å²) < 4.78 is 5.90. The van der Waals surface area contributed by atoms with Crippen molar-refractivity contribution in [3.63, 3.8) is 0 Å². The second kappa shape index (κ2) is 48.4. The minimum Gasteiger partial charge on any atom is -0.462 e. The first kappa shape index (κ1) is 58.3. The van der Waals surface area contributed by atoms with E-state index in [1.165, 1.54) is 180 Å². The number of amides is 1. The second-order valence-corrected chi connectivity index (χ2v) is 18.3. The fourth-order valence-electron chi connectivity index (χ4n) is 8.19. The van der Waals surface area contributed by atoms with Gasteiger partial charge in [-0.2, -0.15) is 0 Å². The molecule has 0 aliphatic heterocycles. The molecule has 0 fully saturated rings. The van der Waals surface area contributed by atoms with Gasteiger partial charge in [0.2, 0.25) is 5.91 Å². The molecule has 1 amide bonds. The summed E-state index contributed by atoms with van der Waals surface area (Å²) in [6, 6.07) is -0.709. The number of ether oxygens (including phenoxy) is 1. The minimum absolute atomic E-state index is 0.0547. The van der Waals surface area contributed by atoms with Crippen LogP contribution in [0.25, 0.3) is 0 Å². The highest BCUT2D eigenvalue weighted by atomic mass is 16.5. The Morgan fingerprint density at radius 2 is 0.817 bits per heavy atom. The molecule has 0 heterocycles. The van der Waals surface area contributed by atoms with Crippen LogP contribution in [0.5, 0.6) is 0 Å². The molecule has 0 aromatic heterocycles. The molecule has 0 bridgehead atoms. The minimum atomic E-state index is -0.793. The number of rotatable bonds is 48. The van der Waals surface area contributed by atoms with E-state index in [-0.39, 0.29) is 24.9 Å². The maximum atomic E-state index is 13.2. The smallest absolute Gasteiger partial charge is 0.306 e. The Morgan fingerprint density at radius 3 is 1.22 bits per heavy atom. The standard InChI is InChI=1S/C54H103NO5/c1-4-7-10-13-16-19-22-25-26-27-29-31-34-37-40-43-46-52(57)51(49-56)55-53(58)48-50(45-42-39-36-33-30-24-21-18-15-12-9-6-3)60-54(59)47-44-41-38-35-32-28-23-20-17-14-11-8-5-2/h28,32-33,36,50-52,56-57H,4-27,29-31,34-35,37-49H2,1-3H3,(H,55,58)/b32-28-,36-33-. The van der Waals surface area contributed by atoms with Crippen molar-refractivity contribution in [3.8, 4) is 0 Å². The average Bonchev–Trinajstić information content (AvgIpc) is 3.24. The number of unbranched alkanes of at least 4 members (excludes halogenated alkanes) is 32. The lowest BCUT2D eigenvalue weighted by atomic mass is 10.0. The number of nitrogens with one attached hydrogen (secondary N) is 1. The Kier molecular flexibility index (Phi) is 47.0. The zero-order valence-corrected chi connectivity index (χ0v) is 40.4. The summed E-state index contributed by atoms with van der Waals surface area (Å²) >= 11 is 0. The summed E-state index contributed by atoms with van der Waals surface area (Å²) in [5.41, 5.74) is 0. The molecule has 3 atom stereocenters. The molecule has 354 valence electrons. The number of esters is 1. The predicted octanol–water partition coefficient (Wildman–Crippen LogP) is 15.9. The highest BCUT2D eigenvalue weighted by Crippen LogP contribution is 2.17. The quantitative estimate of drug-likeness (QED) is 0.0322. The molecule has 0 saturated heterocycles. The van der Waals surface area contributed by atoms with Crippen molar-refractivity contribution in [1.82, 2.24) is 5.32 Å². The van der Waals surface area contributed by atoms with Crippen LogP contribution >= 0.6 is 0 Å². The van der Waals surface area contributed by atoms with Gasteiger partial charge in [-0.25, -0.2) is 0 Å². The van der Waals surface area contributed by atoms with Crippen molar-refractivity contribution in [1.29, 1.82) is 0 Å². The molecule has 0 spiro atoms. The number of carbonyl (C=O) groups is 2. The third-order valence-corrected chi connectivity index (χ3v) is 12.3. The first-order valence-corrected chi connectivity index (χ1v) is 26.6. The molecule has 60 heavy (non-hydrogen) atoms. The van der Waals surface area contributed by atoms with E-state index in [0.29, 0.717) is 19.3 Å². The topological polar surface area (TPSA) is 95.9 Å². The van der Waals surface area contributed by atoms with Gasteiger partial charge in [0.1, 0.15) is 6.10 Å². The van der Waals surface area contributed by atoms with Crippen molar-refractivity contribution in [2.45, 2.75) is 302 Å². The van der Waals surface area contributed by atoms with Crippen LogP contribution < -0.4 is 5.32 Å². The Labute approximate surface area is 373 Å². The molecule has 0 aromatic rings. The predicted molar refractivity (Wildman–Crippen MR) is 260 cm³/mol. The Morgan fingerprint density at radius 1 is 0.467 bits per heavy atom. The maximum absolute atomic E-state index is 13.2. The molecule has 0 aliphatic rings. The Balaban J connectivity index is 4.53. The third kappa shape index (κ3) is 43.0. The van der Waals surface area contributed by atoms with E-state index in [1.807, 2.05) is 0 Å². The van der Waals surface area contributed by atoms with Gasteiger partial charge in [-0.15, -0.1) is 0 Å². The second-order valence-electron chi connectivity index (χ2n) is 18.3. The van der Waals surface area contributed by atoms with E-state index in [9.17, 15) is 19.8 Å². The first-order valence-electron chi connectivity index (χ1n) is 26.6. The van der Waals surface area contributed by atoms with E-state index in [1.54, 1.807) is 0 Å². The number of hydrogen-bond acceptors (Lipinski definition) is 5. The molecule has 6 nitrogen and oxygen atoms in total. The maximum Gasteiger partial charge on any atom is 0.306 e. The van der Waals surface area contributed by atoms with Crippen LogP contribution in [0.2, 0.25) is 0 Å². The average molecular weight is 846 g/mol. The highest BCUT2D eigenvalue weighted by molar-refractivity contribution is 5.77. The summed E-state index contributed by atoms with van der Waals surface area (Å²) in [7, 11) is 0. The number of hydrogen-bond donors (Lipinski definition) is 3. The van der Waals surface area contributed by atoms with Gasteiger partial charge in [-0.05, 0) is 70.6 Å². The van der Waals surface area contributed by atoms with E-state index >= 15 is 0 Å². The van der Waals surface area contributed by atoms with Crippen molar-refractivity contribution >= 4 is 11.9 Å². The molecular formula is C54H103NO5. The molecule has 0 radical (unpaired) electrons. The van der Waals surface area contributed by atoms with E-state index < -0.39 is 18.2 Å². The van der Waals surface area contributed by atoms with Crippen molar-refractivity contribution < 1.29 is 24.5 Å². The van der Waals surface area contributed by atoms with Crippen molar-refractivity contribution in [3.05, 3.63) is 24.3 Å². The van der Waals surface area contributed by atoms with Gasteiger partial charge < -0.3 is 20.3 Å². The van der Waals surface area contributed by atoms with Gasteiger partial charge in [-0.3, -0.25) is 9.59 Å². The Hall–Kier alpha value is -1.66. The van der Waals surface area contributed by atoms with Crippen molar-refractivity contribution in [2.24, 2.45) is 0 Å². The highest BCUT2D eigenvalue weighted by Gasteiger charge is 2.24. The van der Waals surface area contributed by atoms with Crippen LogP contribution in [0.1, 0.15) is 284 Å². The van der Waals surface area contributed by atoms with Crippen LogP contribution in [0, 0.1) is 0 Å². The summed E-state index contributed by atoms with van der Waals surface area (Å²) in [5.74, 6) is -0.511. The van der Waals surface area contributed by atoms with Crippen LogP contribution in [-0.4, -0.2) is 46.9 Å². The van der Waals surface area contributed by atoms with E-state index in [0.717, 1.165) is 57.8 Å². The third-order valence-electron chi connectivity index (χ3n) is 12.3. The van der Waals surface area contributed by atoms with Crippen LogP contribution in [-0.2, 0) is 14.3 Å². The number of allylic oxidation sites excluding steroid dienone is 4. The van der Waals surface area contributed by atoms with Crippen molar-refractivity contribution in [2.75, 3.05) is 6.61 Å². The first-order chi connectivity index (χ1) is 29.5. The molecule has 3 N–H and O–H groups in total. The molecule has 0 saturated carbocycles. The van der Waals surface area contributed by atoms with Gasteiger partial charge in [0.25, 0.3) is 0 Å². The normalized spacial score (nSPS) is 13.3. The fourth-order valence-corrected chi connectivity index (χ4v) is 8.19.